The molecule has 7 nitrogen and oxygen atoms in total. The zero-order chi connectivity index (χ0) is 20.6. The Labute approximate surface area is 170 Å². The molecule has 152 valence electrons. The van der Waals surface area contributed by atoms with Crippen LogP contribution in [0.15, 0.2) is 48.7 Å². The highest BCUT2D eigenvalue weighted by Gasteiger charge is 2.18. The lowest BCUT2D eigenvalue weighted by Crippen LogP contribution is -2.13. The van der Waals surface area contributed by atoms with E-state index in [0.29, 0.717) is 48.3 Å². The average molecular weight is 395 g/mol. The molecule has 0 aliphatic carbocycles. The number of anilines is 1. The maximum Gasteiger partial charge on any atom is 0.255 e. The van der Waals surface area contributed by atoms with Crippen molar-refractivity contribution in [3.63, 3.8) is 0 Å². The molecule has 0 saturated heterocycles. The van der Waals surface area contributed by atoms with Crippen LogP contribution in [0, 0.1) is 0 Å². The topological polar surface area (TPSA) is 85.5 Å². The number of aromatic nitrogens is 2. The SMILES string of the molecule is CCOc1cc(C(=O)Nc2ccc(-c3ccn[nH]3)cc2)cc(OCC)c1OCC. The van der Waals surface area contributed by atoms with Crippen molar-refractivity contribution in [1.82, 2.24) is 10.2 Å². The minimum Gasteiger partial charge on any atom is -0.490 e. The van der Waals surface area contributed by atoms with Crippen LogP contribution < -0.4 is 19.5 Å². The number of ether oxygens (including phenoxy) is 3. The maximum atomic E-state index is 12.8. The van der Waals surface area contributed by atoms with Crippen molar-refractivity contribution < 1.29 is 19.0 Å². The molecule has 1 heterocycles. The summed E-state index contributed by atoms with van der Waals surface area (Å²) in [5.41, 5.74) is 3.01. The first-order valence-electron chi connectivity index (χ1n) is 9.63. The number of nitrogens with one attached hydrogen (secondary N) is 2. The number of aromatic amines is 1. The molecule has 29 heavy (non-hydrogen) atoms. The molecule has 7 heteroatoms. The maximum absolute atomic E-state index is 12.8. The van der Waals surface area contributed by atoms with Gasteiger partial charge in [0.05, 0.1) is 25.5 Å². The number of H-pyrrole nitrogens is 1. The number of hydrogen-bond donors (Lipinski definition) is 2. The van der Waals surface area contributed by atoms with Gasteiger partial charge in [0.15, 0.2) is 11.5 Å². The van der Waals surface area contributed by atoms with E-state index in [0.717, 1.165) is 11.3 Å². The van der Waals surface area contributed by atoms with Gasteiger partial charge in [-0.1, -0.05) is 12.1 Å². The van der Waals surface area contributed by atoms with Gasteiger partial charge in [-0.15, -0.1) is 0 Å². The van der Waals surface area contributed by atoms with Gasteiger partial charge in [-0.3, -0.25) is 9.89 Å². The second-order valence-electron chi connectivity index (χ2n) is 6.10. The smallest absolute Gasteiger partial charge is 0.255 e. The van der Waals surface area contributed by atoms with Crippen LogP contribution in [-0.2, 0) is 0 Å². The third-order valence-corrected chi connectivity index (χ3v) is 4.13. The van der Waals surface area contributed by atoms with E-state index < -0.39 is 0 Å². The van der Waals surface area contributed by atoms with E-state index in [1.165, 1.54) is 0 Å². The Morgan fingerprint density at radius 3 is 2.07 bits per heavy atom. The summed E-state index contributed by atoms with van der Waals surface area (Å²) in [6, 6.07) is 12.7. The molecule has 0 fully saturated rings. The first-order chi connectivity index (χ1) is 14.2. The molecule has 0 aliphatic rings. The first-order valence-corrected chi connectivity index (χ1v) is 9.63. The van der Waals surface area contributed by atoms with Crippen molar-refractivity contribution in [2.24, 2.45) is 0 Å². The molecule has 2 N–H and O–H groups in total. The van der Waals surface area contributed by atoms with Crippen LogP contribution in [0.3, 0.4) is 0 Å². The van der Waals surface area contributed by atoms with Crippen LogP contribution >= 0.6 is 0 Å². The van der Waals surface area contributed by atoms with Gasteiger partial charge < -0.3 is 19.5 Å². The molecule has 0 aliphatic heterocycles. The van der Waals surface area contributed by atoms with Gasteiger partial charge in [0.2, 0.25) is 5.75 Å². The summed E-state index contributed by atoms with van der Waals surface area (Å²) in [5.74, 6) is 1.22. The fraction of sp³-hybridized carbons (Fsp3) is 0.273. The van der Waals surface area contributed by atoms with Gasteiger partial charge in [-0.2, -0.15) is 5.10 Å². The van der Waals surface area contributed by atoms with Crippen molar-refractivity contribution in [3.05, 3.63) is 54.2 Å². The summed E-state index contributed by atoms with van der Waals surface area (Å²) < 4.78 is 17.0. The Morgan fingerprint density at radius 2 is 1.55 bits per heavy atom. The van der Waals surface area contributed by atoms with Gasteiger partial charge in [0, 0.05) is 17.4 Å². The Hall–Kier alpha value is -3.48. The summed E-state index contributed by atoms with van der Waals surface area (Å²) in [5, 5.41) is 9.77. The number of amides is 1. The van der Waals surface area contributed by atoms with Gasteiger partial charge >= 0.3 is 0 Å². The molecular formula is C22H25N3O4. The summed E-state index contributed by atoms with van der Waals surface area (Å²) in [6.07, 6.45) is 1.70. The normalized spacial score (nSPS) is 10.4. The first kappa shape index (κ1) is 20.3. The monoisotopic (exact) mass is 395 g/mol. The highest BCUT2D eigenvalue weighted by molar-refractivity contribution is 6.05. The van der Waals surface area contributed by atoms with Crippen molar-refractivity contribution in [1.29, 1.82) is 0 Å². The quantitative estimate of drug-likeness (QED) is 0.556. The van der Waals surface area contributed by atoms with Gasteiger partial charge in [-0.25, -0.2) is 0 Å². The van der Waals surface area contributed by atoms with E-state index in [2.05, 4.69) is 15.5 Å². The number of benzene rings is 2. The van der Waals surface area contributed by atoms with Crippen LogP contribution in [-0.4, -0.2) is 35.9 Å². The molecule has 3 aromatic rings. The third-order valence-electron chi connectivity index (χ3n) is 4.13. The molecule has 0 unspecified atom stereocenters. The predicted octanol–water partition coefficient (Wildman–Crippen LogP) is 4.53. The van der Waals surface area contributed by atoms with Crippen LogP contribution in [0.5, 0.6) is 17.2 Å². The Bertz CT molecular complexity index is 910. The molecular weight excluding hydrogens is 370 g/mol. The lowest BCUT2D eigenvalue weighted by Gasteiger charge is -2.17. The standard InChI is InChI=1S/C22H25N3O4/c1-4-27-19-13-16(14-20(28-5-2)21(19)29-6-3)22(26)24-17-9-7-15(8-10-17)18-11-12-23-25-18/h7-14H,4-6H2,1-3H3,(H,23,25)(H,24,26). The fourth-order valence-corrected chi connectivity index (χ4v) is 2.87. The van der Waals surface area contributed by atoms with Crippen LogP contribution in [0.25, 0.3) is 11.3 Å². The zero-order valence-corrected chi connectivity index (χ0v) is 16.8. The minimum absolute atomic E-state index is 0.260. The van der Waals surface area contributed by atoms with Gasteiger partial charge in [0.25, 0.3) is 5.91 Å². The largest absolute Gasteiger partial charge is 0.490 e. The summed E-state index contributed by atoms with van der Waals surface area (Å²) in [7, 11) is 0. The van der Waals surface area contributed by atoms with Gasteiger partial charge in [0.1, 0.15) is 0 Å². The van der Waals surface area contributed by atoms with E-state index in [4.69, 9.17) is 14.2 Å². The Morgan fingerprint density at radius 1 is 0.931 bits per heavy atom. The second-order valence-corrected chi connectivity index (χ2v) is 6.10. The molecule has 0 radical (unpaired) electrons. The van der Waals surface area contributed by atoms with Crippen LogP contribution in [0.4, 0.5) is 5.69 Å². The molecule has 0 bridgehead atoms. The average Bonchev–Trinajstić information content (AvgIpc) is 3.26. The number of nitrogens with zero attached hydrogens (tertiary/aromatic N) is 1. The van der Waals surface area contributed by atoms with E-state index in [1.54, 1.807) is 18.3 Å². The van der Waals surface area contributed by atoms with Crippen molar-refractivity contribution in [2.75, 3.05) is 25.1 Å². The van der Waals surface area contributed by atoms with Crippen molar-refractivity contribution in [3.8, 4) is 28.5 Å². The van der Waals surface area contributed by atoms with Crippen molar-refractivity contribution in [2.45, 2.75) is 20.8 Å². The van der Waals surface area contributed by atoms with Crippen molar-refractivity contribution >= 4 is 11.6 Å². The van der Waals surface area contributed by atoms with Gasteiger partial charge in [-0.05, 0) is 56.7 Å². The molecule has 1 amide bonds. The fourth-order valence-electron chi connectivity index (χ4n) is 2.87. The zero-order valence-electron chi connectivity index (χ0n) is 16.8. The highest BCUT2D eigenvalue weighted by Crippen LogP contribution is 2.39. The third kappa shape index (κ3) is 4.87. The number of carbonyl (C=O) groups excluding carboxylic acids is 1. The summed E-state index contributed by atoms with van der Waals surface area (Å²) >= 11 is 0. The second kappa shape index (κ2) is 9.64. The number of hydrogen-bond acceptors (Lipinski definition) is 5. The minimum atomic E-state index is -0.260. The lowest BCUT2D eigenvalue weighted by atomic mass is 10.1. The van der Waals surface area contributed by atoms with E-state index in [-0.39, 0.29) is 5.91 Å². The summed E-state index contributed by atoms with van der Waals surface area (Å²) in [4.78, 5) is 12.8. The highest BCUT2D eigenvalue weighted by atomic mass is 16.5. The number of carbonyl (C=O) groups is 1. The molecule has 3 rings (SSSR count). The number of rotatable bonds is 9. The van der Waals surface area contributed by atoms with E-state index in [1.807, 2.05) is 51.1 Å². The van der Waals surface area contributed by atoms with Crippen LogP contribution in [0.2, 0.25) is 0 Å². The Balaban J connectivity index is 1.84. The molecule has 0 spiro atoms. The molecule has 0 atom stereocenters. The van der Waals surface area contributed by atoms with Crippen LogP contribution in [0.1, 0.15) is 31.1 Å². The van der Waals surface area contributed by atoms with E-state index >= 15 is 0 Å². The molecule has 0 saturated carbocycles. The van der Waals surface area contributed by atoms with E-state index in [9.17, 15) is 4.79 Å². The Kier molecular flexibility index (Phi) is 6.73. The lowest BCUT2D eigenvalue weighted by molar-refractivity contribution is 0.102. The molecule has 2 aromatic carbocycles. The predicted molar refractivity (Wildman–Crippen MR) is 112 cm³/mol. The summed E-state index contributed by atoms with van der Waals surface area (Å²) in [6.45, 7) is 7.01. The molecule has 1 aromatic heterocycles.